The molecule has 0 spiro atoms. The summed E-state index contributed by atoms with van der Waals surface area (Å²) < 4.78 is 33.2. The molecule has 2 heterocycles. The van der Waals surface area contributed by atoms with Gasteiger partial charge in [0.25, 0.3) is 10.0 Å². The van der Waals surface area contributed by atoms with Crippen molar-refractivity contribution in [3.63, 3.8) is 0 Å². The van der Waals surface area contributed by atoms with E-state index in [0.29, 0.717) is 35.1 Å². The Kier molecular flexibility index (Phi) is 6.61. The van der Waals surface area contributed by atoms with Crippen molar-refractivity contribution in [1.82, 2.24) is 4.90 Å². The molecule has 1 fully saturated rings. The van der Waals surface area contributed by atoms with Gasteiger partial charge in [-0.05, 0) is 55.3 Å². The van der Waals surface area contributed by atoms with Gasteiger partial charge in [-0.15, -0.1) is 11.8 Å². The van der Waals surface area contributed by atoms with Gasteiger partial charge in [0, 0.05) is 23.7 Å². The number of hydrogen-bond donors (Lipinski definition) is 2. The minimum atomic E-state index is -3.86. The molecule has 4 rings (SSSR count). The molecule has 2 aliphatic rings. The van der Waals surface area contributed by atoms with Gasteiger partial charge in [-0.3, -0.25) is 14.3 Å². The highest BCUT2D eigenvalue weighted by molar-refractivity contribution is 8.01. The van der Waals surface area contributed by atoms with Crippen molar-refractivity contribution < 1.29 is 22.7 Å². The van der Waals surface area contributed by atoms with E-state index < -0.39 is 21.2 Å². The van der Waals surface area contributed by atoms with Gasteiger partial charge in [0.1, 0.15) is 5.75 Å². The number of sulfonamides is 1. The molecule has 2 aliphatic heterocycles. The molecule has 8 nitrogen and oxygen atoms in total. The summed E-state index contributed by atoms with van der Waals surface area (Å²) >= 11 is 1.17. The lowest BCUT2D eigenvalue weighted by Gasteiger charge is -2.28. The van der Waals surface area contributed by atoms with Crippen molar-refractivity contribution in [3.05, 3.63) is 42.5 Å². The highest BCUT2D eigenvalue weighted by Gasteiger charge is 2.36. The van der Waals surface area contributed by atoms with Crippen LogP contribution in [0.25, 0.3) is 0 Å². The SMILES string of the molecule is COc1ccc(NS(=O)(=O)c2ccc3c(c2)NC(=O)[C@H](C(=O)N2CCCCCC2)S3)cc1. The molecule has 0 saturated carbocycles. The van der Waals surface area contributed by atoms with Crippen molar-refractivity contribution in [3.8, 4) is 5.75 Å². The average Bonchev–Trinajstić information content (AvgIpc) is 3.08. The summed E-state index contributed by atoms with van der Waals surface area (Å²) in [5, 5.41) is 1.86. The quantitative estimate of drug-likeness (QED) is 0.643. The summed E-state index contributed by atoms with van der Waals surface area (Å²) in [6, 6.07) is 11.0. The standard InChI is InChI=1S/C22H25N3O5S2/c1-30-16-8-6-15(7-9-16)24-32(28,29)17-10-11-19-18(14-17)23-21(26)20(31-19)22(27)25-12-4-2-3-5-13-25/h6-11,14,20,24H,2-5,12-13H2,1H3,(H,23,26)/t20-/m1/s1. The Morgan fingerprint density at radius 1 is 1.09 bits per heavy atom. The van der Waals surface area contributed by atoms with Crippen molar-refractivity contribution >= 4 is 45.0 Å². The second-order valence-corrected chi connectivity index (χ2v) is 10.5. The predicted molar refractivity (Wildman–Crippen MR) is 124 cm³/mol. The van der Waals surface area contributed by atoms with Crippen LogP contribution in [0, 0.1) is 0 Å². The Labute approximate surface area is 191 Å². The Morgan fingerprint density at radius 2 is 1.78 bits per heavy atom. The number of benzene rings is 2. The topological polar surface area (TPSA) is 105 Å². The first-order chi connectivity index (χ1) is 15.4. The number of hydrogen-bond acceptors (Lipinski definition) is 6. The first kappa shape index (κ1) is 22.5. The number of nitrogens with zero attached hydrogens (tertiary/aromatic N) is 1. The lowest BCUT2D eigenvalue weighted by Crippen LogP contribution is -2.45. The molecule has 0 aliphatic carbocycles. The van der Waals surface area contributed by atoms with E-state index in [-0.39, 0.29) is 10.8 Å². The van der Waals surface area contributed by atoms with E-state index in [1.54, 1.807) is 35.2 Å². The fourth-order valence-corrected chi connectivity index (χ4v) is 5.89. The molecular formula is C22H25N3O5S2. The molecule has 2 aromatic rings. The molecule has 170 valence electrons. The van der Waals surface area contributed by atoms with Gasteiger partial charge in [-0.2, -0.15) is 0 Å². The molecule has 1 saturated heterocycles. The summed E-state index contributed by atoms with van der Waals surface area (Å²) in [5.41, 5.74) is 0.780. The number of likely N-dealkylation sites (tertiary alicyclic amines) is 1. The maximum atomic E-state index is 12.9. The number of thioether (sulfide) groups is 1. The third kappa shape index (κ3) is 4.86. The maximum Gasteiger partial charge on any atom is 0.261 e. The fraction of sp³-hybridized carbons (Fsp3) is 0.364. The zero-order valence-corrected chi connectivity index (χ0v) is 19.3. The largest absolute Gasteiger partial charge is 0.497 e. The zero-order valence-electron chi connectivity index (χ0n) is 17.7. The van der Waals surface area contributed by atoms with E-state index in [1.165, 1.54) is 31.0 Å². The lowest BCUT2D eigenvalue weighted by atomic mass is 10.2. The molecule has 1 atom stereocenters. The summed E-state index contributed by atoms with van der Waals surface area (Å²) in [6.45, 7) is 1.34. The maximum absolute atomic E-state index is 12.9. The third-order valence-electron chi connectivity index (χ3n) is 5.49. The van der Waals surface area contributed by atoms with Crippen LogP contribution >= 0.6 is 11.8 Å². The van der Waals surface area contributed by atoms with E-state index in [9.17, 15) is 18.0 Å². The second kappa shape index (κ2) is 9.41. The van der Waals surface area contributed by atoms with Crippen LogP contribution in [0.4, 0.5) is 11.4 Å². The number of anilines is 2. The van der Waals surface area contributed by atoms with E-state index in [0.717, 1.165) is 25.7 Å². The first-order valence-electron chi connectivity index (χ1n) is 10.4. The van der Waals surface area contributed by atoms with Crippen molar-refractivity contribution in [1.29, 1.82) is 0 Å². The third-order valence-corrected chi connectivity index (χ3v) is 8.13. The molecule has 0 bridgehead atoms. The summed E-state index contributed by atoms with van der Waals surface area (Å²) in [7, 11) is -2.33. The second-order valence-electron chi connectivity index (χ2n) is 7.72. The molecular weight excluding hydrogens is 450 g/mol. The number of nitrogens with one attached hydrogen (secondary N) is 2. The van der Waals surface area contributed by atoms with Gasteiger partial charge in [0.15, 0.2) is 5.25 Å². The smallest absolute Gasteiger partial charge is 0.261 e. The van der Waals surface area contributed by atoms with Crippen LogP contribution in [0.5, 0.6) is 5.75 Å². The number of carbonyl (C=O) groups is 2. The summed E-state index contributed by atoms with van der Waals surface area (Å²) in [5.74, 6) is 0.0121. The number of ether oxygens (including phenoxy) is 1. The lowest BCUT2D eigenvalue weighted by molar-refractivity contribution is -0.133. The normalized spacial score (nSPS) is 18.8. The molecule has 2 N–H and O–H groups in total. The monoisotopic (exact) mass is 475 g/mol. The van der Waals surface area contributed by atoms with Crippen LogP contribution < -0.4 is 14.8 Å². The molecule has 10 heteroatoms. The minimum Gasteiger partial charge on any atom is -0.497 e. The van der Waals surface area contributed by atoms with Gasteiger partial charge in [0.05, 0.1) is 17.7 Å². The molecule has 0 unspecified atom stereocenters. The van der Waals surface area contributed by atoms with Gasteiger partial charge >= 0.3 is 0 Å². The summed E-state index contributed by atoms with van der Waals surface area (Å²) in [4.78, 5) is 28.1. The number of methoxy groups -OCH3 is 1. The molecule has 2 amide bonds. The molecule has 0 radical (unpaired) electrons. The fourth-order valence-electron chi connectivity index (χ4n) is 3.75. The number of fused-ring (bicyclic) bond motifs is 1. The van der Waals surface area contributed by atoms with E-state index in [2.05, 4.69) is 10.0 Å². The van der Waals surface area contributed by atoms with Crippen LogP contribution in [0.3, 0.4) is 0 Å². The van der Waals surface area contributed by atoms with Crippen LogP contribution in [0.2, 0.25) is 0 Å². The van der Waals surface area contributed by atoms with Crippen LogP contribution in [-0.2, 0) is 19.6 Å². The zero-order chi connectivity index (χ0) is 22.7. The predicted octanol–water partition coefficient (Wildman–Crippen LogP) is 3.31. The highest BCUT2D eigenvalue weighted by Crippen LogP contribution is 2.38. The van der Waals surface area contributed by atoms with E-state index in [1.807, 2.05) is 0 Å². The van der Waals surface area contributed by atoms with Crippen molar-refractivity contribution in [2.24, 2.45) is 0 Å². The van der Waals surface area contributed by atoms with Crippen LogP contribution in [0.15, 0.2) is 52.3 Å². The van der Waals surface area contributed by atoms with Crippen LogP contribution in [-0.4, -0.2) is 50.6 Å². The van der Waals surface area contributed by atoms with Crippen molar-refractivity contribution in [2.75, 3.05) is 30.2 Å². The minimum absolute atomic E-state index is 0.0188. The van der Waals surface area contributed by atoms with Gasteiger partial charge < -0.3 is 15.0 Å². The van der Waals surface area contributed by atoms with Gasteiger partial charge in [-0.25, -0.2) is 8.42 Å². The number of rotatable bonds is 5. The van der Waals surface area contributed by atoms with E-state index in [4.69, 9.17) is 4.74 Å². The number of amides is 2. The summed E-state index contributed by atoms with van der Waals surface area (Å²) in [6.07, 6.45) is 4.09. The Balaban J connectivity index is 1.51. The van der Waals surface area contributed by atoms with Gasteiger partial charge in [-0.1, -0.05) is 12.8 Å². The first-order valence-corrected chi connectivity index (χ1v) is 12.8. The Morgan fingerprint density at radius 3 is 2.44 bits per heavy atom. The van der Waals surface area contributed by atoms with E-state index >= 15 is 0 Å². The Hall–Kier alpha value is -2.72. The molecule has 0 aromatic heterocycles. The molecule has 2 aromatic carbocycles. The molecule has 32 heavy (non-hydrogen) atoms. The van der Waals surface area contributed by atoms with Gasteiger partial charge in [0.2, 0.25) is 11.8 Å². The van der Waals surface area contributed by atoms with Crippen molar-refractivity contribution in [2.45, 2.75) is 40.7 Å². The highest BCUT2D eigenvalue weighted by atomic mass is 32.2. The van der Waals surface area contributed by atoms with Crippen LogP contribution in [0.1, 0.15) is 25.7 Å². The number of carbonyl (C=O) groups excluding carboxylic acids is 2. The Bertz CT molecular complexity index is 1110. The average molecular weight is 476 g/mol.